The van der Waals surface area contributed by atoms with Gasteiger partial charge in [0.2, 0.25) is 0 Å². The minimum absolute atomic E-state index is 0.00690. The number of rotatable bonds is 2. The van der Waals surface area contributed by atoms with Gasteiger partial charge in [-0.15, -0.1) is 11.6 Å². The minimum atomic E-state index is -0.259. The Balaban J connectivity index is 3.09. The summed E-state index contributed by atoms with van der Waals surface area (Å²) in [6.07, 6.45) is 0. The highest BCUT2D eigenvalue weighted by Gasteiger charge is 2.09. The van der Waals surface area contributed by atoms with Gasteiger partial charge < -0.3 is 5.11 Å². The fourth-order valence-corrected chi connectivity index (χ4v) is 1.43. The second-order valence-corrected chi connectivity index (χ2v) is 3.73. The third-order valence-corrected chi connectivity index (χ3v) is 2.30. The molecule has 0 amide bonds. The van der Waals surface area contributed by atoms with E-state index in [1.807, 2.05) is 0 Å². The molecule has 0 saturated heterocycles. The summed E-state index contributed by atoms with van der Waals surface area (Å²) in [7, 11) is 0. The number of hydrogen-bond donors (Lipinski definition) is 1. The van der Waals surface area contributed by atoms with Gasteiger partial charge in [0, 0.05) is 3.57 Å². The van der Waals surface area contributed by atoms with Crippen LogP contribution in [0.4, 0.5) is 0 Å². The van der Waals surface area contributed by atoms with Crippen molar-refractivity contribution in [2.24, 2.45) is 0 Å². The van der Waals surface area contributed by atoms with Crippen molar-refractivity contribution in [3.63, 3.8) is 0 Å². The molecule has 1 rings (SSSR count). The van der Waals surface area contributed by atoms with Crippen molar-refractivity contribution in [2.75, 3.05) is 5.88 Å². The summed E-state index contributed by atoms with van der Waals surface area (Å²) in [5.41, 5.74) is 0.283. The van der Waals surface area contributed by atoms with Gasteiger partial charge in [-0.1, -0.05) is 0 Å². The monoisotopic (exact) mass is 296 g/mol. The molecule has 1 aromatic rings. The maximum absolute atomic E-state index is 11.1. The number of ketones is 1. The predicted octanol–water partition coefficient (Wildman–Crippen LogP) is 2.42. The summed E-state index contributed by atoms with van der Waals surface area (Å²) < 4.78 is 0.885. The molecular weight excluding hydrogens is 290 g/mol. The fourth-order valence-electron chi connectivity index (χ4n) is 0.813. The lowest BCUT2D eigenvalue weighted by atomic mass is 10.1. The van der Waals surface area contributed by atoms with E-state index in [0.29, 0.717) is 0 Å². The number of halogens is 2. The molecule has 64 valence electrons. The summed E-state index contributed by atoms with van der Waals surface area (Å²) in [5, 5.41) is 9.31. The molecule has 12 heavy (non-hydrogen) atoms. The summed E-state index contributed by atoms with van der Waals surface area (Å²) in [6, 6.07) is 4.85. The van der Waals surface area contributed by atoms with E-state index < -0.39 is 0 Å². The van der Waals surface area contributed by atoms with E-state index in [2.05, 4.69) is 22.6 Å². The van der Waals surface area contributed by atoms with Crippen LogP contribution in [0.3, 0.4) is 0 Å². The molecule has 0 atom stereocenters. The Morgan fingerprint density at radius 2 is 2.25 bits per heavy atom. The third-order valence-electron chi connectivity index (χ3n) is 1.38. The largest absolute Gasteiger partial charge is 0.507 e. The lowest BCUT2D eigenvalue weighted by Crippen LogP contribution is -2.00. The van der Waals surface area contributed by atoms with Crippen molar-refractivity contribution in [3.05, 3.63) is 27.3 Å². The van der Waals surface area contributed by atoms with Crippen molar-refractivity contribution >= 4 is 40.0 Å². The van der Waals surface area contributed by atoms with Crippen LogP contribution in [-0.2, 0) is 0 Å². The second-order valence-electron chi connectivity index (χ2n) is 2.22. The SMILES string of the molecule is O=C(CCl)c1ccc(I)cc1O. The van der Waals surface area contributed by atoms with Gasteiger partial charge in [0.15, 0.2) is 5.78 Å². The van der Waals surface area contributed by atoms with Crippen LogP contribution >= 0.6 is 34.2 Å². The molecule has 0 fully saturated rings. The first-order valence-electron chi connectivity index (χ1n) is 3.23. The highest BCUT2D eigenvalue weighted by molar-refractivity contribution is 14.1. The molecule has 0 aliphatic heterocycles. The summed E-state index contributed by atoms with van der Waals surface area (Å²) in [6.45, 7) is 0. The number of benzene rings is 1. The molecule has 1 aromatic carbocycles. The van der Waals surface area contributed by atoms with Gasteiger partial charge in [-0.2, -0.15) is 0 Å². The molecule has 2 nitrogen and oxygen atoms in total. The van der Waals surface area contributed by atoms with Gasteiger partial charge >= 0.3 is 0 Å². The van der Waals surface area contributed by atoms with E-state index in [-0.39, 0.29) is 23.0 Å². The third kappa shape index (κ3) is 2.10. The molecule has 4 heteroatoms. The molecule has 0 spiro atoms. The number of aromatic hydroxyl groups is 1. The first kappa shape index (κ1) is 9.80. The molecule has 0 aromatic heterocycles. The van der Waals surface area contributed by atoms with Crippen LogP contribution in [-0.4, -0.2) is 16.8 Å². The van der Waals surface area contributed by atoms with Crippen LogP contribution in [0, 0.1) is 3.57 Å². The Morgan fingerprint density at radius 1 is 1.58 bits per heavy atom. The number of Topliss-reactive ketones (excluding diaryl/α,β-unsaturated/α-hetero) is 1. The molecule has 0 aliphatic rings. The van der Waals surface area contributed by atoms with Crippen molar-refractivity contribution in [1.82, 2.24) is 0 Å². The van der Waals surface area contributed by atoms with E-state index in [4.69, 9.17) is 11.6 Å². The summed E-state index contributed by atoms with van der Waals surface area (Å²) in [5.74, 6) is -0.369. The molecule has 0 aliphatic carbocycles. The van der Waals surface area contributed by atoms with Crippen LogP contribution in [0.25, 0.3) is 0 Å². The van der Waals surface area contributed by atoms with Crippen LogP contribution in [0.5, 0.6) is 5.75 Å². The van der Waals surface area contributed by atoms with Crippen molar-refractivity contribution in [2.45, 2.75) is 0 Å². The van der Waals surface area contributed by atoms with Gasteiger partial charge in [-0.3, -0.25) is 4.79 Å². The number of phenols is 1. The first-order chi connectivity index (χ1) is 5.65. The zero-order chi connectivity index (χ0) is 9.14. The van der Waals surface area contributed by atoms with Crippen LogP contribution in [0.1, 0.15) is 10.4 Å². The van der Waals surface area contributed by atoms with E-state index in [1.165, 1.54) is 6.07 Å². The van der Waals surface area contributed by atoms with E-state index in [1.54, 1.807) is 12.1 Å². The van der Waals surface area contributed by atoms with Crippen molar-refractivity contribution < 1.29 is 9.90 Å². The molecule has 0 radical (unpaired) electrons. The standard InChI is InChI=1S/C8H6ClIO2/c9-4-8(12)6-2-1-5(10)3-7(6)11/h1-3,11H,4H2. The highest BCUT2D eigenvalue weighted by atomic mass is 127. The average molecular weight is 296 g/mol. The van der Waals surface area contributed by atoms with Gasteiger partial charge in [0.25, 0.3) is 0 Å². The molecule has 0 unspecified atom stereocenters. The van der Waals surface area contributed by atoms with Crippen molar-refractivity contribution in [1.29, 1.82) is 0 Å². The van der Waals surface area contributed by atoms with Crippen LogP contribution in [0.2, 0.25) is 0 Å². The first-order valence-corrected chi connectivity index (χ1v) is 4.84. The molecule has 1 N–H and O–H groups in total. The molecule has 0 bridgehead atoms. The molecule has 0 heterocycles. The van der Waals surface area contributed by atoms with Gasteiger partial charge in [0.05, 0.1) is 11.4 Å². The van der Waals surface area contributed by atoms with E-state index >= 15 is 0 Å². The topological polar surface area (TPSA) is 37.3 Å². The van der Waals surface area contributed by atoms with Gasteiger partial charge in [0.1, 0.15) is 5.75 Å². The Kier molecular flexibility index (Phi) is 3.34. The zero-order valence-electron chi connectivity index (χ0n) is 6.05. The lowest BCUT2D eigenvalue weighted by Gasteiger charge is -2.00. The number of hydrogen-bond acceptors (Lipinski definition) is 2. The summed E-state index contributed by atoms with van der Waals surface area (Å²) >= 11 is 7.39. The predicted molar refractivity (Wildman–Crippen MR) is 55.9 cm³/mol. The maximum atomic E-state index is 11.1. The number of alkyl halides is 1. The number of phenolic OH excluding ortho intramolecular Hbond substituents is 1. The lowest BCUT2D eigenvalue weighted by molar-refractivity contribution is 0.101. The Morgan fingerprint density at radius 3 is 2.75 bits per heavy atom. The molecule has 0 saturated carbocycles. The smallest absolute Gasteiger partial charge is 0.181 e. The molecular formula is C8H6ClIO2. The second kappa shape index (κ2) is 4.09. The van der Waals surface area contributed by atoms with E-state index in [9.17, 15) is 9.90 Å². The summed E-state index contributed by atoms with van der Waals surface area (Å²) in [4.78, 5) is 11.1. The Labute approximate surface area is 88.7 Å². The van der Waals surface area contributed by atoms with Crippen molar-refractivity contribution in [3.8, 4) is 5.75 Å². The normalized spacial score (nSPS) is 9.83. The fraction of sp³-hybridized carbons (Fsp3) is 0.125. The zero-order valence-corrected chi connectivity index (χ0v) is 8.96. The van der Waals surface area contributed by atoms with E-state index in [0.717, 1.165) is 3.57 Å². The van der Waals surface area contributed by atoms with Crippen LogP contribution in [0.15, 0.2) is 18.2 Å². The van der Waals surface area contributed by atoms with Gasteiger partial charge in [-0.25, -0.2) is 0 Å². The number of carbonyl (C=O) groups excluding carboxylic acids is 1. The minimum Gasteiger partial charge on any atom is -0.507 e. The Bertz CT molecular complexity index is 312. The van der Waals surface area contributed by atoms with Gasteiger partial charge in [-0.05, 0) is 40.8 Å². The Hall–Kier alpha value is -0.290. The highest BCUT2D eigenvalue weighted by Crippen LogP contribution is 2.20. The van der Waals surface area contributed by atoms with Crippen LogP contribution < -0.4 is 0 Å². The quantitative estimate of drug-likeness (QED) is 0.517. The number of carbonyl (C=O) groups is 1. The maximum Gasteiger partial charge on any atom is 0.181 e. The average Bonchev–Trinajstić information content (AvgIpc) is 2.03.